The van der Waals surface area contributed by atoms with E-state index in [1.54, 1.807) is 24.3 Å². The Hall–Kier alpha value is -1.77. The average Bonchev–Trinajstić information content (AvgIpc) is 2.61. The normalized spacial score (nSPS) is 11.7. The van der Waals surface area contributed by atoms with E-state index in [0.717, 1.165) is 11.1 Å². The molecule has 0 bridgehead atoms. The Labute approximate surface area is 148 Å². The Bertz CT molecular complexity index is 771. The number of aliphatic hydroxyl groups excluding tert-OH is 2. The number of nitrogens with two attached hydrogens (primary N) is 2. The molecule has 0 saturated heterocycles. The van der Waals surface area contributed by atoms with Gasteiger partial charge in [-0.1, -0.05) is 24.3 Å². The molecule has 0 aliphatic heterocycles. The third kappa shape index (κ3) is 4.26. The first-order valence-electron chi connectivity index (χ1n) is 8.08. The fraction of sp³-hybridized carbons (Fsp3) is 0.333. The van der Waals surface area contributed by atoms with Crippen molar-refractivity contribution in [1.82, 2.24) is 0 Å². The summed E-state index contributed by atoms with van der Waals surface area (Å²) in [5, 5.41) is 18.6. The van der Waals surface area contributed by atoms with E-state index in [4.69, 9.17) is 11.5 Å². The minimum absolute atomic E-state index is 0.151. The van der Waals surface area contributed by atoms with E-state index >= 15 is 0 Å². The first-order chi connectivity index (χ1) is 12.0. The third-order valence-electron chi connectivity index (χ3n) is 4.06. The van der Waals surface area contributed by atoms with Gasteiger partial charge in [0, 0.05) is 26.3 Å². The van der Waals surface area contributed by atoms with Gasteiger partial charge in [-0.25, -0.2) is 8.42 Å². The summed E-state index contributed by atoms with van der Waals surface area (Å²) >= 11 is 0. The molecule has 2 aromatic carbocycles. The lowest BCUT2D eigenvalue weighted by Gasteiger charge is -2.15. The maximum Gasteiger partial charge on any atom is 0.207 e. The quantitative estimate of drug-likeness (QED) is 0.540. The Morgan fingerprint density at radius 3 is 1.48 bits per heavy atom. The van der Waals surface area contributed by atoms with Gasteiger partial charge in [0.05, 0.1) is 9.79 Å². The summed E-state index contributed by atoms with van der Waals surface area (Å²) < 4.78 is 26.4. The molecule has 136 valence electrons. The van der Waals surface area contributed by atoms with Crippen molar-refractivity contribution in [3.63, 3.8) is 0 Å². The monoisotopic (exact) mass is 364 g/mol. The molecule has 0 aliphatic rings. The van der Waals surface area contributed by atoms with Crippen molar-refractivity contribution < 1.29 is 18.6 Å². The first-order valence-corrected chi connectivity index (χ1v) is 9.56. The lowest BCUT2D eigenvalue weighted by molar-refractivity contribution is 0.298. The summed E-state index contributed by atoms with van der Waals surface area (Å²) in [4.78, 5) is 0.303. The van der Waals surface area contributed by atoms with Crippen LogP contribution >= 0.6 is 0 Å². The van der Waals surface area contributed by atoms with E-state index in [9.17, 15) is 18.6 Å². The molecule has 0 spiro atoms. The zero-order valence-corrected chi connectivity index (χ0v) is 14.8. The zero-order valence-electron chi connectivity index (χ0n) is 14.0. The molecule has 0 fully saturated rings. The maximum absolute atomic E-state index is 13.2. The molecule has 0 amide bonds. The second-order valence-corrected chi connectivity index (χ2v) is 7.63. The van der Waals surface area contributed by atoms with Crippen LogP contribution in [0.15, 0.2) is 46.2 Å². The minimum Gasteiger partial charge on any atom is -0.396 e. The molecule has 2 aromatic rings. The van der Waals surface area contributed by atoms with E-state index < -0.39 is 9.84 Å². The van der Waals surface area contributed by atoms with Gasteiger partial charge in [-0.2, -0.15) is 0 Å². The number of sulfone groups is 1. The first kappa shape index (κ1) is 19.6. The molecule has 0 radical (unpaired) electrons. The van der Waals surface area contributed by atoms with E-state index in [1.807, 2.05) is 0 Å². The average molecular weight is 364 g/mol. The Balaban J connectivity index is 2.62. The second kappa shape index (κ2) is 8.55. The predicted molar refractivity (Wildman–Crippen MR) is 95.7 cm³/mol. The molecule has 6 N–H and O–H groups in total. The highest BCUT2D eigenvalue weighted by molar-refractivity contribution is 7.91. The van der Waals surface area contributed by atoms with E-state index in [-0.39, 0.29) is 35.8 Å². The van der Waals surface area contributed by atoms with Crippen LogP contribution in [-0.4, -0.2) is 31.8 Å². The van der Waals surface area contributed by atoms with Gasteiger partial charge in [0.1, 0.15) is 0 Å². The number of benzene rings is 2. The van der Waals surface area contributed by atoms with E-state index in [1.165, 1.54) is 12.1 Å². The largest absolute Gasteiger partial charge is 0.396 e. The SMILES string of the molecule is NCc1ccc(S(=O)(=O)c2ccc(CN)cc2CCO)c(CCO)c1. The fourth-order valence-electron chi connectivity index (χ4n) is 2.79. The highest BCUT2D eigenvalue weighted by Gasteiger charge is 2.24. The molecule has 0 aliphatic carbocycles. The van der Waals surface area contributed by atoms with Crippen LogP contribution < -0.4 is 11.5 Å². The molecule has 2 rings (SSSR count). The van der Waals surface area contributed by atoms with E-state index in [0.29, 0.717) is 24.2 Å². The van der Waals surface area contributed by atoms with Gasteiger partial charge >= 0.3 is 0 Å². The summed E-state index contributed by atoms with van der Waals surface area (Å²) in [6.07, 6.45) is 0.442. The van der Waals surface area contributed by atoms with Gasteiger partial charge in [-0.05, 0) is 47.2 Å². The van der Waals surface area contributed by atoms with Crippen LogP contribution in [0, 0.1) is 0 Å². The van der Waals surface area contributed by atoms with Crippen molar-refractivity contribution in [2.45, 2.75) is 35.7 Å². The summed E-state index contributed by atoms with van der Waals surface area (Å²) in [5.41, 5.74) is 13.9. The zero-order chi connectivity index (χ0) is 18.4. The van der Waals surface area contributed by atoms with Gasteiger partial charge in [-0.3, -0.25) is 0 Å². The van der Waals surface area contributed by atoms with Crippen molar-refractivity contribution in [3.8, 4) is 0 Å². The van der Waals surface area contributed by atoms with Crippen LogP contribution in [0.25, 0.3) is 0 Å². The van der Waals surface area contributed by atoms with Crippen molar-refractivity contribution in [2.24, 2.45) is 11.5 Å². The molecule has 7 heteroatoms. The standard InChI is InChI=1S/C18H24N2O4S/c19-11-13-1-3-17(15(9-13)5-7-21)25(23,24)18-4-2-14(12-20)10-16(18)6-8-22/h1-4,9-10,21-22H,5-8,11-12,19-20H2. The summed E-state index contributed by atoms with van der Waals surface area (Å²) in [6, 6.07) is 9.83. The van der Waals surface area contributed by atoms with Crippen LogP contribution in [0.2, 0.25) is 0 Å². The van der Waals surface area contributed by atoms with Gasteiger partial charge in [0.2, 0.25) is 9.84 Å². The van der Waals surface area contributed by atoms with Crippen molar-refractivity contribution >= 4 is 9.84 Å². The number of rotatable bonds is 8. The number of hydrogen-bond acceptors (Lipinski definition) is 6. The van der Waals surface area contributed by atoms with Crippen molar-refractivity contribution in [1.29, 1.82) is 0 Å². The maximum atomic E-state index is 13.2. The molecule has 0 aromatic heterocycles. The van der Waals surface area contributed by atoms with Gasteiger partial charge in [0.15, 0.2) is 0 Å². The third-order valence-corrected chi connectivity index (χ3v) is 6.02. The smallest absolute Gasteiger partial charge is 0.207 e. The molecule has 0 saturated carbocycles. The van der Waals surface area contributed by atoms with Gasteiger partial charge in [-0.15, -0.1) is 0 Å². The molecule has 6 nitrogen and oxygen atoms in total. The predicted octanol–water partition coefficient (Wildman–Crippen LogP) is 0.506. The molecule has 0 atom stereocenters. The number of hydrogen-bond donors (Lipinski definition) is 4. The molecular formula is C18H24N2O4S. The number of aliphatic hydroxyl groups is 2. The lowest BCUT2D eigenvalue weighted by atomic mass is 10.1. The lowest BCUT2D eigenvalue weighted by Crippen LogP contribution is -2.12. The van der Waals surface area contributed by atoms with Crippen LogP contribution in [0.4, 0.5) is 0 Å². The Kier molecular flexibility index (Phi) is 6.69. The van der Waals surface area contributed by atoms with Crippen LogP contribution in [-0.2, 0) is 35.8 Å². The summed E-state index contributed by atoms with van der Waals surface area (Å²) in [6.45, 7) is 0.262. The molecule has 25 heavy (non-hydrogen) atoms. The molecular weight excluding hydrogens is 340 g/mol. The van der Waals surface area contributed by atoms with Gasteiger partial charge < -0.3 is 21.7 Å². The molecule has 0 heterocycles. The highest BCUT2D eigenvalue weighted by atomic mass is 32.2. The summed E-state index contributed by atoms with van der Waals surface area (Å²) in [5.74, 6) is 0. The topological polar surface area (TPSA) is 127 Å². The fourth-order valence-corrected chi connectivity index (χ4v) is 4.54. The van der Waals surface area contributed by atoms with Crippen molar-refractivity contribution in [2.75, 3.05) is 13.2 Å². The highest BCUT2D eigenvalue weighted by Crippen LogP contribution is 2.29. The van der Waals surface area contributed by atoms with Crippen molar-refractivity contribution in [3.05, 3.63) is 58.7 Å². The van der Waals surface area contributed by atoms with Crippen LogP contribution in [0.1, 0.15) is 22.3 Å². The van der Waals surface area contributed by atoms with Crippen LogP contribution in [0.5, 0.6) is 0 Å². The van der Waals surface area contributed by atoms with Crippen LogP contribution in [0.3, 0.4) is 0 Å². The Morgan fingerprint density at radius 1 is 0.760 bits per heavy atom. The van der Waals surface area contributed by atoms with Gasteiger partial charge in [0.25, 0.3) is 0 Å². The minimum atomic E-state index is -3.80. The Morgan fingerprint density at radius 2 is 1.16 bits per heavy atom. The second-order valence-electron chi connectivity index (χ2n) is 5.74. The molecule has 0 unspecified atom stereocenters. The summed E-state index contributed by atoms with van der Waals surface area (Å²) in [7, 11) is -3.80. The van der Waals surface area contributed by atoms with E-state index in [2.05, 4.69) is 0 Å².